The van der Waals surface area contributed by atoms with Gasteiger partial charge in [0.1, 0.15) is 0 Å². The summed E-state index contributed by atoms with van der Waals surface area (Å²) in [7, 11) is 3.24. The molecule has 0 fully saturated rings. The number of rotatable bonds is 6. The van der Waals surface area contributed by atoms with Gasteiger partial charge in [0.25, 0.3) is 5.91 Å². The molecule has 0 radical (unpaired) electrons. The highest BCUT2D eigenvalue weighted by Gasteiger charge is 2.27. The lowest BCUT2D eigenvalue weighted by molar-refractivity contribution is -0.138. The highest BCUT2D eigenvalue weighted by molar-refractivity contribution is 6.31. The number of nitrogens with zero attached hydrogens (tertiary/aromatic N) is 3. The maximum atomic E-state index is 12.6. The number of amides is 1. The van der Waals surface area contributed by atoms with Crippen LogP contribution in [0.25, 0.3) is 0 Å². The predicted octanol–water partition coefficient (Wildman–Crippen LogP) is 3.57. The van der Waals surface area contributed by atoms with Gasteiger partial charge in [-0.15, -0.1) is 0 Å². The molecule has 0 aliphatic heterocycles. The van der Waals surface area contributed by atoms with Crippen molar-refractivity contribution in [2.24, 2.45) is 0 Å². The van der Waals surface area contributed by atoms with Crippen molar-refractivity contribution < 1.29 is 14.3 Å². The third kappa shape index (κ3) is 4.58. The number of aromatic nitrogens is 2. The Balaban J connectivity index is 1.76. The molecule has 28 heavy (non-hydrogen) atoms. The summed E-state index contributed by atoms with van der Waals surface area (Å²) in [5, 5.41) is 4.82. The van der Waals surface area contributed by atoms with Gasteiger partial charge in [-0.1, -0.05) is 60.1 Å². The lowest BCUT2D eigenvalue weighted by atomic mass is 10.1. The molecule has 6 nitrogen and oxygen atoms in total. The first-order valence-electron chi connectivity index (χ1n) is 8.68. The number of esters is 1. The Morgan fingerprint density at radius 2 is 1.79 bits per heavy atom. The molecule has 0 aliphatic carbocycles. The molecule has 1 heterocycles. The summed E-state index contributed by atoms with van der Waals surface area (Å²) in [6, 6.07) is 16.3. The van der Waals surface area contributed by atoms with Crippen molar-refractivity contribution in [2.75, 3.05) is 14.1 Å². The van der Waals surface area contributed by atoms with E-state index in [9.17, 15) is 9.59 Å². The summed E-state index contributed by atoms with van der Waals surface area (Å²) in [5.41, 5.74) is 1.76. The molecule has 3 rings (SSSR count). The van der Waals surface area contributed by atoms with Crippen molar-refractivity contribution in [3.05, 3.63) is 88.7 Å². The average Bonchev–Trinajstić information content (AvgIpc) is 3.16. The molecule has 1 aromatic heterocycles. The quantitative estimate of drug-likeness (QED) is 0.596. The largest absolute Gasteiger partial charge is 0.444 e. The van der Waals surface area contributed by atoms with Gasteiger partial charge in [0, 0.05) is 30.9 Å². The second kappa shape index (κ2) is 8.71. The van der Waals surface area contributed by atoms with E-state index in [1.807, 2.05) is 24.3 Å². The number of likely N-dealkylation sites (N-methyl/N-ethyl adjacent to an activating group) is 1. The first kappa shape index (κ1) is 19.6. The van der Waals surface area contributed by atoms with Crippen molar-refractivity contribution in [3.8, 4) is 0 Å². The van der Waals surface area contributed by atoms with Crippen LogP contribution in [0.4, 0.5) is 0 Å². The molecule has 0 spiro atoms. The third-order valence-corrected chi connectivity index (χ3v) is 4.52. The van der Waals surface area contributed by atoms with Gasteiger partial charge in [-0.2, -0.15) is 5.10 Å². The standard InChI is InChI=1S/C21H20ClN3O3/c1-24(2)20(26)19(15-8-4-3-5-9-15)28-21(27)17-12-23-25(14-17)13-16-10-6-7-11-18(16)22/h3-12,14,19H,13H2,1-2H3. The Morgan fingerprint density at radius 3 is 2.46 bits per heavy atom. The zero-order valence-electron chi connectivity index (χ0n) is 15.6. The summed E-state index contributed by atoms with van der Waals surface area (Å²) < 4.78 is 7.12. The van der Waals surface area contributed by atoms with E-state index in [-0.39, 0.29) is 11.5 Å². The van der Waals surface area contributed by atoms with E-state index in [4.69, 9.17) is 16.3 Å². The van der Waals surface area contributed by atoms with Crippen LogP contribution in [0.1, 0.15) is 27.6 Å². The van der Waals surface area contributed by atoms with Gasteiger partial charge >= 0.3 is 5.97 Å². The zero-order valence-corrected chi connectivity index (χ0v) is 16.3. The fourth-order valence-corrected chi connectivity index (χ4v) is 2.85. The van der Waals surface area contributed by atoms with Crippen LogP contribution >= 0.6 is 11.6 Å². The summed E-state index contributed by atoms with van der Waals surface area (Å²) >= 11 is 6.17. The molecule has 1 unspecified atom stereocenters. The van der Waals surface area contributed by atoms with Crippen molar-refractivity contribution in [1.29, 1.82) is 0 Å². The van der Waals surface area contributed by atoms with Crippen molar-refractivity contribution >= 4 is 23.5 Å². The average molecular weight is 398 g/mol. The third-order valence-electron chi connectivity index (χ3n) is 4.15. The van der Waals surface area contributed by atoms with Crippen LogP contribution < -0.4 is 0 Å². The molecule has 3 aromatic rings. The molecule has 0 aliphatic rings. The summed E-state index contributed by atoms with van der Waals surface area (Å²) in [6.45, 7) is 0.422. The number of carbonyl (C=O) groups is 2. The SMILES string of the molecule is CN(C)C(=O)C(OC(=O)c1cnn(Cc2ccccc2Cl)c1)c1ccccc1. The van der Waals surface area contributed by atoms with Gasteiger partial charge in [0.2, 0.25) is 6.10 Å². The minimum atomic E-state index is -1.02. The monoisotopic (exact) mass is 397 g/mol. The number of hydrogen-bond donors (Lipinski definition) is 0. The summed E-state index contributed by atoms with van der Waals surface area (Å²) in [5.74, 6) is -0.933. The molecule has 7 heteroatoms. The van der Waals surface area contributed by atoms with Crippen molar-refractivity contribution in [1.82, 2.24) is 14.7 Å². The smallest absolute Gasteiger partial charge is 0.342 e. The minimum absolute atomic E-state index is 0.263. The first-order valence-corrected chi connectivity index (χ1v) is 9.06. The fraction of sp³-hybridized carbons (Fsp3) is 0.190. The van der Waals surface area contributed by atoms with Crippen molar-refractivity contribution in [2.45, 2.75) is 12.6 Å². The highest BCUT2D eigenvalue weighted by Crippen LogP contribution is 2.21. The molecule has 0 bridgehead atoms. The molecule has 0 saturated carbocycles. The summed E-state index contributed by atoms with van der Waals surface area (Å²) in [4.78, 5) is 26.5. The fourth-order valence-electron chi connectivity index (χ4n) is 2.66. The molecule has 1 amide bonds. The molecule has 144 valence electrons. The Bertz CT molecular complexity index is 970. The number of carbonyl (C=O) groups excluding carboxylic acids is 2. The Labute approximate surface area is 168 Å². The molecule has 0 N–H and O–H groups in total. The normalized spacial score (nSPS) is 11.7. The topological polar surface area (TPSA) is 64.4 Å². The Hall–Kier alpha value is -3.12. The molecular formula is C21H20ClN3O3. The van der Waals surface area contributed by atoms with Crippen LogP contribution in [0.5, 0.6) is 0 Å². The van der Waals surface area contributed by atoms with Crippen LogP contribution in [-0.4, -0.2) is 40.7 Å². The van der Waals surface area contributed by atoms with E-state index in [2.05, 4.69) is 5.10 Å². The highest BCUT2D eigenvalue weighted by atomic mass is 35.5. The van der Waals surface area contributed by atoms with E-state index in [0.29, 0.717) is 17.1 Å². The molecule has 2 aromatic carbocycles. The molecular weight excluding hydrogens is 378 g/mol. The number of halogens is 1. The second-order valence-corrected chi connectivity index (χ2v) is 6.85. The van der Waals surface area contributed by atoms with Gasteiger partial charge in [-0.05, 0) is 11.6 Å². The first-order chi connectivity index (χ1) is 13.5. The zero-order chi connectivity index (χ0) is 20.1. The van der Waals surface area contributed by atoms with Crippen LogP contribution in [0.15, 0.2) is 67.0 Å². The maximum absolute atomic E-state index is 12.6. The van der Waals surface area contributed by atoms with E-state index in [1.54, 1.807) is 55.3 Å². The Morgan fingerprint density at radius 1 is 1.11 bits per heavy atom. The predicted molar refractivity (Wildman–Crippen MR) is 106 cm³/mol. The van der Waals surface area contributed by atoms with Crippen LogP contribution in [-0.2, 0) is 16.1 Å². The molecule has 0 saturated heterocycles. The van der Waals surface area contributed by atoms with Gasteiger partial charge in [-0.25, -0.2) is 4.79 Å². The van der Waals surface area contributed by atoms with E-state index in [0.717, 1.165) is 5.56 Å². The van der Waals surface area contributed by atoms with E-state index in [1.165, 1.54) is 11.1 Å². The van der Waals surface area contributed by atoms with Crippen LogP contribution in [0.2, 0.25) is 5.02 Å². The van der Waals surface area contributed by atoms with E-state index < -0.39 is 12.1 Å². The van der Waals surface area contributed by atoms with E-state index >= 15 is 0 Å². The Kier molecular flexibility index (Phi) is 6.11. The van der Waals surface area contributed by atoms with Gasteiger partial charge in [0.15, 0.2) is 0 Å². The lowest BCUT2D eigenvalue weighted by Gasteiger charge is -2.20. The van der Waals surface area contributed by atoms with Crippen molar-refractivity contribution in [3.63, 3.8) is 0 Å². The van der Waals surface area contributed by atoms with Gasteiger partial charge in [-0.3, -0.25) is 9.48 Å². The summed E-state index contributed by atoms with van der Waals surface area (Å²) in [6.07, 6.45) is 1.98. The lowest BCUT2D eigenvalue weighted by Crippen LogP contribution is -2.31. The van der Waals surface area contributed by atoms with Gasteiger partial charge < -0.3 is 9.64 Å². The second-order valence-electron chi connectivity index (χ2n) is 6.45. The molecule has 1 atom stereocenters. The van der Waals surface area contributed by atoms with Gasteiger partial charge in [0.05, 0.1) is 18.3 Å². The van der Waals surface area contributed by atoms with Crippen LogP contribution in [0, 0.1) is 0 Å². The number of benzene rings is 2. The minimum Gasteiger partial charge on any atom is -0.444 e. The van der Waals surface area contributed by atoms with Crippen LogP contribution in [0.3, 0.4) is 0 Å². The number of ether oxygens (including phenoxy) is 1. The number of hydrogen-bond acceptors (Lipinski definition) is 4. The maximum Gasteiger partial charge on any atom is 0.342 e.